The second kappa shape index (κ2) is 6.01. The molecule has 3 N–H and O–H groups in total. The van der Waals surface area contributed by atoms with Gasteiger partial charge >= 0.3 is 0 Å². The van der Waals surface area contributed by atoms with Gasteiger partial charge in [0.05, 0.1) is 0 Å². The summed E-state index contributed by atoms with van der Waals surface area (Å²) in [6, 6.07) is 0. The van der Waals surface area contributed by atoms with Crippen LogP contribution in [0.25, 0.3) is 0 Å². The molecule has 7 heteroatoms. The van der Waals surface area contributed by atoms with E-state index in [4.69, 9.17) is 5.84 Å². The normalized spacial score (nSPS) is 15.6. The third kappa shape index (κ3) is 3.44. The Morgan fingerprint density at radius 2 is 1.74 bits per heavy atom. The number of nitrogens with one attached hydrogen (secondary N) is 1. The Morgan fingerprint density at radius 1 is 1.11 bits per heavy atom. The lowest BCUT2D eigenvalue weighted by Crippen LogP contribution is -2.28. The van der Waals surface area contributed by atoms with Crippen LogP contribution in [0, 0.1) is 5.92 Å². The van der Waals surface area contributed by atoms with E-state index in [0.29, 0.717) is 17.8 Å². The topological polar surface area (TPSA) is 83.2 Å². The number of hydrogen-bond donors (Lipinski definition) is 2. The summed E-state index contributed by atoms with van der Waals surface area (Å²) in [5.41, 5.74) is 2.50. The van der Waals surface area contributed by atoms with Crippen molar-refractivity contribution in [2.75, 3.05) is 42.9 Å². The number of nitrogen functional groups attached to an aromatic ring is 1. The zero-order valence-corrected chi connectivity index (χ0v) is 11.9. The van der Waals surface area contributed by atoms with Gasteiger partial charge in [0, 0.05) is 27.7 Å². The van der Waals surface area contributed by atoms with Gasteiger partial charge in [-0.1, -0.05) is 12.8 Å². The molecule has 0 unspecified atom stereocenters. The van der Waals surface area contributed by atoms with Crippen molar-refractivity contribution in [2.24, 2.45) is 11.8 Å². The van der Waals surface area contributed by atoms with E-state index in [1.807, 2.05) is 26.0 Å². The highest BCUT2D eigenvalue weighted by atomic mass is 15.4. The van der Waals surface area contributed by atoms with Crippen molar-refractivity contribution in [3.8, 4) is 0 Å². The van der Waals surface area contributed by atoms with E-state index in [2.05, 4.69) is 25.3 Å². The molecule has 19 heavy (non-hydrogen) atoms. The molecule has 1 fully saturated rings. The van der Waals surface area contributed by atoms with Crippen LogP contribution in [0.1, 0.15) is 25.7 Å². The summed E-state index contributed by atoms with van der Waals surface area (Å²) in [4.78, 5) is 16.9. The van der Waals surface area contributed by atoms with E-state index in [1.54, 1.807) is 0 Å². The molecule has 0 amide bonds. The first-order chi connectivity index (χ1) is 9.10. The molecule has 0 bridgehead atoms. The van der Waals surface area contributed by atoms with Gasteiger partial charge in [-0.2, -0.15) is 15.0 Å². The van der Waals surface area contributed by atoms with Crippen molar-refractivity contribution in [3.05, 3.63) is 0 Å². The van der Waals surface area contributed by atoms with E-state index in [1.165, 1.54) is 25.7 Å². The summed E-state index contributed by atoms with van der Waals surface area (Å²) < 4.78 is 0. The highest BCUT2D eigenvalue weighted by Crippen LogP contribution is 2.26. The predicted molar refractivity (Wildman–Crippen MR) is 77.2 cm³/mol. The fraction of sp³-hybridized carbons (Fsp3) is 0.750. The summed E-state index contributed by atoms with van der Waals surface area (Å²) in [6.45, 7) is 0.987. The van der Waals surface area contributed by atoms with Gasteiger partial charge in [-0.25, -0.2) is 5.84 Å². The summed E-state index contributed by atoms with van der Waals surface area (Å²) in [7, 11) is 5.82. The van der Waals surface area contributed by atoms with Crippen LogP contribution in [0.4, 0.5) is 17.8 Å². The van der Waals surface area contributed by atoms with Gasteiger partial charge in [0.1, 0.15) is 0 Å². The van der Waals surface area contributed by atoms with Gasteiger partial charge in [-0.15, -0.1) is 0 Å². The van der Waals surface area contributed by atoms with Crippen LogP contribution in [0.2, 0.25) is 0 Å². The van der Waals surface area contributed by atoms with Crippen molar-refractivity contribution in [1.29, 1.82) is 0 Å². The van der Waals surface area contributed by atoms with E-state index >= 15 is 0 Å². The SMILES string of the molecule is CN(C)c1nc(NN)nc(N(C)CC2CCCC2)n1. The van der Waals surface area contributed by atoms with Crippen LogP contribution in [0.3, 0.4) is 0 Å². The number of hydrogen-bond acceptors (Lipinski definition) is 7. The zero-order chi connectivity index (χ0) is 13.8. The molecule has 7 nitrogen and oxygen atoms in total. The van der Waals surface area contributed by atoms with Gasteiger partial charge in [-0.05, 0) is 18.8 Å². The maximum absolute atomic E-state index is 5.41. The minimum atomic E-state index is 0.395. The molecule has 0 radical (unpaired) electrons. The maximum Gasteiger partial charge on any atom is 0.243 e. The number of anilines is 3. The second-order valence-corrected chi connectivity index (χ2v) is 5.33. The van der Waals surface area contributed by atoms with E-state index in [0.717, 1.165) is 12.5 Å². The van der Waals surface area contributed by atoms with Crippen LogP contribution >= 0.6 is 0 Å². The average Bonchev–Trinajstić information content (AvgIpc) is 2.90. The first-order valence-electron chi connectivity index (χ1n) is 6.71. The molecule has 1 aliphatic carbocycles. The van der Waals surface area contributed by atoms with Gasteiger partial charge in [0.2, 0.25) is 17.8 Å². The lowest BCUT2D eigenvalue weighted by Gasteiger charge is -2.22. The summed E-state index contributed by atoms with van der Waals surface area (Å²) >= 11 is 0. The Bertz CT molecular complexity index is 415. The average molecular weight is 265 g/mol. The summed E-state index contributed by atoms with van der Waals surface area (Å²) in [6.07, 6.45) is 5.29. The molecular weight excluding hydrogens is 242 g/mol. The van der Waals surface area contributed by atoms with Crippen molar-refractivity contribution >= 4 is 17.8 Å². The lowest BCUT2D eigenvalue weighted by molar-refractivity contribution is 0.542. The number of rotatable bonds is 5. The minimum Gasteiger partial charge on any atom is -0.347 e. The van der Waals surface area contributed by atoms with Crippen molar-refractivity contribution in [2.45, 2.75) is 25.7 Å². The highest BCUT2D eigenvalue weighted by Gasteiger charge is 2.19. The third-order valence-electron chi connectivity index (χ3n) is 3.49. The Morgan fingerprint density at radius 3 is 2.32 bits per heavy atom. The van der Waals surface area contributed by atoms with Gasteiger partial charge in [0.25, 0.3) is 0 Å². The number of aromatic nitrogens is 3. The first-order valence-corrected chi connectivity index (χ1v) is 6.71. The van der Waals surface area contributed by atoms with Gasteiger partial charge in [-0.3, -0.25) is 5.43 Å². The summed E-state index contributed by atoms with van der Waals surface area (Å²) in [5, 5.41) is 0. The van der Waals surface area contributed by atoms with Crippen molar-refractivity contribution in [1.82, 2.24) is 15.0 Å². The van der Waals surface area contributed by atoms with E-state index in [-0.39, 0.29) is 0 Å². The van der Waals surface area contributed by atoms with E-state index in [9.17, 15) is 0 Å². The molecule has 1 heterocycles. The molecule has 106 valence electrons. The van der Waals surface area contributed by atoms with Crippen LogP contribution in [0.15, 0.2) is 0 Å². The van der Waals surface area contributed by atoms with Crippen LogP contribution in [0.5, 0.6) is 0 Å². The second-order valence-electron chi connectivity index (χ2n) is 5.33. The van der Waals surface area contributed by atoms with E-state index < -0.39 is 0 Å². The summed E-state index contributed by atoms with van der Waals surface area (Å²) in [5.74, 6) is 7.83. The maximum atomic E-state index is 5.41. The fourth-order valence-corrected chi connectivity index (χ4v) is 2.45. The van der Waals surface area contributed by atoms with Crippen LogP contribution in [-0.4, -0.2) is 42.6 Å². The molecule has 0 aliphatic heterocycles. The zero-order valence-electron chi connectivity index (χ0n) is 11.9. The molecule has 0 aromatic carbocycles. The quantitative estimate of drug-likeness (QED) is 0.603. The lowest BCUT2D eigenvalue weighted by atomic mass is 10.1. The minimum absolute atomic E-state index is 0.395. The number of nitrogens with zero attached hydrogens (tertiary/aromatic N) is 5. The molecule has 0 saturated heterocycles. The van der Waals surface area contributed by atoms with Crippen LogP contribution < -0.4 is 21.1 Å². The molecule has 1 aromatic heterocycles. The molecule has 1 aromatic rings. The third-order valence-corrected chi connectivity index (χ3v) is 3.49. The first kappa shape index (κ1) is 13.8. The van der Waals surface area contributed by atoms with Crippen molar-refractivity contribution < 1.29 is 0 Å². The molecule has 2 rings (SSSR count). The van der Waals surface area contributed by atoms with Crippen LogP contribution in [-0.2, 0) is 0 Å². The van der Waals surface area contributed by atoms with Gasteiger partial charge in [0.15, 0.2) is 0 Å². The molecule has 0 atom stereocenters. The highest BCUT2D eigenvalue weighted by molar-refractivity contribution is 5.43. The Hall–Kier alpha value is -1.63. The molecule has 1 aliphatic rings. The monoisotopic (exact) mass is 265 g/mol. The Labute approximate surface area is 114 Å². The number of nitrogens with two attached hydrogens (primary N) is 1. The molecular formula is C12H23N7. The number of hydrazine groups is 1. The largest absolute Gasteiger partial charge is 0.347 e. The predicted octanol–water partition coefficient (Wildman–Crippen LogP) is 0.850. The fourth-order valence-electron chi connectivity index (χ4n) is 2.45. The van der Waals surface area contributed by atoms with Crippen molar-refractivity contribution in [3.63, 3.8) is 0 Å². The van der Waals surface area contributed by atoms with Gasteiger partial charge < -0.3 is 9.80 Å². The Kier molecular flexibility index (Phi) is 4.36. The standard InChI is InChI=1S/C12H23N7/c1-18(2)11-14-10(17-13)15-12(16-11)19(3)8-9-6-4-5-7-9/h9H,4-8,13H2,1-3H3,(H,14,15,16,17). The molecule has 0 spiro atoms. The molecule has 1 saturated carbocycles. The smallest absolute Gasteiger partial charge is 0.243 e. The Balaban J connectivity index is 2.14.